The van der Waals surface area contributed by atoms with Gasteiger partial charge in [0.1, 0.15) is 0 Å². The summed E-state index contributed by atoms with van der Waals surface area (Å²) in [4.78, 5) is 13.7. The monoisotopic (exact) mass is 242 g/mol. The Hall–Kier alpha value is -0.770. The second-order valence-electron chi connectivity index (χ2n) is 5.13. The van der Waals surface area contributed by atoms with Gasteiger partial charge in [-0.3, -0.25) is 0 Å². The van der Waals surface area contributed by atoms with Gasteiger partial charge in [0.15, 0.2) is 0 Å². The molecule has 0 aromatic carbocycles. The van der Waals surface area contributed by atoms with Gasteiger partial charge in [-0.25, -0.2) is 4.79 Å². The van der Waals surface area contributed by atoms with Crippen LogP contribution in [0.1, 0.15) is 46.0 Å². The molecule has 100 valence electrons. The van der Waals surface area contributed by atoms with Crippen LogP contribution < -0.4 is 5.32 Å². The largest absolute Gasteiger partial charge is 0.395 e. The Morgan fingerprint density at radius 2 is 2.18 bits per heavy atom. The molecule has 0 saturated heterocycles. The van der Waals surface area contributed by atoms with Crippen molar-refractivity contribution >= 4 is 6.03 Å². The molecule has 0 radical (unpaired) electrons. The number of carbonyl (C=O) groups excluding carboxylic acids is 1. The highest BCUT2D eigenvalue weighted by molar-refractivity contribution is 5.74. The van der Waals surface area contributed by atoms with E-state index in [1.165, 1.54) is 12.8 Å². The third-order valence-electron chi connectivity index (χ3n) is 3.41. The molecule has 2 amide bonds. The summed E-state index contributed by atoms with van der Waals surface area (Å²) >= 11 is 0. The average molecular weight is 242 g/mol. The maximum absolute atomic E-state index is 12.0. The average Bonchev–Trinajstić information content (AvgIpc) is 2.28. The highest BCUT2D eigenvalue weighted by Crippen LogP contribution is 2.23. The first kappa shape index (κ1) is 14.3. The van der Waals surface area contributed by atoms with Crippen LogP contribution in [0, 0.1) is 5.92 Å². The van der Waals surface area contributed by atoms with Crippen LogP contribution in [-0.4, -0.2) is 41.8 Å². The van der Waals surface area contributed by atoms with E-state index in [0.717, 1.165) is 19.3 Å². The van der Waals surface area contributed by atoms with Crippen molar-refractivity contribution in [2.24, 2.45) is 5.92 Å². The lowest BCUT2D eigenvalue weighted by molar-refractivity contribution is 0.169. The molecule has 1 saturated carbocycles. The molecule has 4 heteroatoms. The Labute approximate surface area is 104 Å². The fraction of sp³-hybridized carbons (Fsp3) is 0.923. The molecule has 0 spiro atoms. The van der Waals surface area contributed by atoms with Crippen molar-refractivity contribution in [2.75, 3.05) is 19.7 Å². The molecule has 2 N–H and O–H groups in total. The lowest BCUT2D eigenvalue weighted by Crippen LogP contribution is -2.47. The number of aliphatic hydroxyl groups is 1. The fourth-order valence-corrected chi connectivity index (χ4v) is 2.54. The molecule has 1 fully saturated rings. The molecule has 2 atom stereocenters. The molecule has 2 unspecified atom stereocenters. The second kappa shape index (κ2) is 7.54. The van der Waals surface area contributed by atoms with Gasteiger partial charge in [-0.2, -0.15) is 0 Å². The van der Waals surface area contributed by atoms with Gasteiger partial charge >= 0.3 is 6.03 Å². The zero-order chi connectivity index (χ0) is 12.7. The lowest BCUT2D eigenvalue weighted by Gasteiger charge is -2.30. The van der Waals surface area contributed by atoms with Crippen LogP contribution in [0.4, 0.5) is 4.79 Å². The smallest absolute Gasteiger partial charge is 0.317 e. The predicted molar refractivity (Wildman–Crippen MR) is 68.9 cm³/mol. The van der Waals surface area contributed by atoms with E-state index in [0.29, 0.717) is 25.0 Å². The standard InChI is InChI=1S/C13H26N2O2/c1-3-7-15(8-9-16)13(17)14-12-6-4-5-11(2)10-12/h11-12,16H,3-10H2,1-2H3,(H,14,17). The zero-order valence-electron chi connectivity index (χ0n) is 11.1. The van der Waals surface area contributed by atoms with Crippen molar-refractivity contribution in [1.29, 1.82) is 0 Å². The molecule has 0 aromatic rings. The Morgan fingerprint density at radius 1 is 1.41 bits per heavy atom. The van der Waals surface area contributed by atoms with Crippen LogP contribution in [0.15, 0.2) is 0 Å². The number of nitrogens with zero attached hydrogens (tertiary/aromatic N) is 1. The van der Waals surface area contributed by atoms with Crippen molar-refractivity contribution in [3.05, 3.63) is 0 Å². The molecular formula is C13H26N2O2. The highest BCUT2D eigenvalue weighted by Gasteiger charge is 2.22. The van der Waals surface area contributed by atoms with Gasteiger partial charge in [-0.05, 0) is 25.2 Å². The number of rotatable bonds is 5. The van der Waals surface area contributed by atoms with Gasteiger partial charge in [-0.1, -0.05) is 26.7 Å². The van der Waals surface area contributed by atoms with Crippen molar-refractivity contribution in [1.82, 2.24) is 10.2 Å². The summed E-state index contributed by atoms with van der Waals surface area (Å²) in [6.07, 6.45) is 5.59. The molecule has 0 aromatic heterocycles. The molecular weight excluding hydrogens is 216 g/mol. The maximum atomic E-state index is 12.0. The lowest BCUT2D eigenvalue weighted by atomic mass is 9.87. The zero-order valence-corrected chi connectivity index (χ0v) is 11.1. The molecule has 1 rings (SSSR count). The number of urea groups is 1. The number of hydrogen-bond donors (Lipinski definition) is 2. The minimum atomic E-state index is -0.0139. The first-order chi connectivity index (χ1) is 8.17. The number of aliphatic hydroxyl groups excluding tert-OH is 1. The predicted octanol–water partition coefficient (Wildman–Crippen LogP) is 1.98. The minimum absolute atomic E-state index is 0.0139. The number of hydrogen-bond acceptors (Lipinski definition) is 2. The van der Waals surface area contributed by atoms with Gasteiger partial charge in [0.25, 0.3) is 0 Å². The minimum Gasteiger partial charge on any atom is -0.395 e. The van der Waals surface area contributed by atoms with Crippen LogP contribution in [-0.2, 0) is 0 Å². The quantitative estimate of drug-likeness (QED) is 0.774. The molecule has 0 aliphatic heterocycles. The van der Waals surface area contributed by atoms with E-state index >= 15 is 0 Å². The maximum Gasteiger partial charge on any atom is 0.317 e. The summed E-state index contributed by atoms with van der Waals surface area (Å²) in [5, 5.41) is 12.0. The molecule has 0 heterocycles. The van der Waals surface area contributed by atoms with Crippen LogP contribution >= 0.6 is 0 Å². The van der Waals surface area contributed by atoms with Crippen molar-refractivity contribution < 1.29 is 9.90 Å². The summed E-state index contributed by atoms with van der Waals surface area (Å²) in [6, 6.07) is 0.310. The van der Waals surface area contributed by atoms with E-state index in [1.54, 1.807) is 4.90 Å². The van der Waals surface area contributed by atoms with E-state index in [9.17, 15) is 4.79 Å². The summed E-state index contributed by atoms with van der Waals surface area (Å²) in [5.74, 6) is 0.714. The first-order valence-electron chi connectivity index (χ1n) is 6.83. The Balaban J connectivity index is 2.39. The van der Waals surface area contributed by atoms with E-state index < -0.39 is 0 Å². The molecule has 0 bridgehead atoms. The molecule has 1 aliphatic carbocycles. The van der Waals surface area contributed by atoms with Gasteiger partial charge < -0.3 is 15.3 Å². The molecule has 17 heavy (non-hydrogen) atoms. The SMILES string of the molecule is CCCN(CCO)C(=O)NC1CCCC(C)C1. The van der Waals surface area contributed by atoms with Crippen LogP contribution in [0.25, 0.3) is 0 Å². The summed E-state index contributed by atoms with van der Waals surface area (Å²) < 4.78 is 0. The van der Waals surface area contributed by atoms with Crippen LogP contribution in [0.2, 0.25) is 0 Å². The van der Waals surface area contributed by atoms with Crippen molar-refractivity contribution in [2.45, 2.75) is 52.0 Å². The molecule has 1 aliphatic rings. The van der Waals surface area contributed by atoms with Gasteiger partial charge in [0.05, 0.1) is 6.61 Å². The summed E-state index contributed by atoms with van der Waals surface area (Å²) in [7, 11) is 0. The van der Waals surface area contributed by atoms with E-state index in [4.69, 9.17) is 5.11 Å². The topological polar surface area (TPSA) is 52.6 Å². The fourth-order valence-electron chi connectivity index (χ4n) is 2.54. The van der Waals surface area contributed by atoms with E-state index in [-0.39, 0.29) is 12.6 Å². The Bertz CT molecular complexity index is 227. The molecule has 4 nitrogen and oxygen atoms in total. The normalized spacial score (nSPS) is 24.4. The second-order valence-corrected chi connectivity index (χ2v) is 5.13. The Kier molecular flexibility index (Phi) is 6.34. The van der Waals surface area contributed by atoms with Crippen molar-refractivity contribution in [3.63, 3.8) is 0 Å². The van der Waals surface area contributed by atoms with Gasteiger partial charge in [0.2, 0.25) is 0 Å². The van der Waals surface area contributed by atoms with Crippen molar-refractivity contribution in [3.8, 4) is 0 Å². The van der Waals surface area contributed by atoms with E-state index in [1.807, 2.05) is 6.92 Å². The third-order valence-corrected chi connectivity index (χ3v) is 3.41. The summed E-state index contributed by atoms with van der Waals surface area (Å²) in [6.45, 7) is 5.47. The summed E-state index contributed by atoms with van der Waals surface area (Å²) in [5.41, 5.74) is 0. The van der Waals surface area contributed by atoms with E-state index in [2.05, 4.69) is 12.2 Å². The third kappa shape index (κ3) is 4.94. The van der Waals surface area contributed by atoms with Gasteiger partial charge in [-0.15, -0.1) is 0 Å². The number of carbonyl (C=O) groups is 1. The highest BCUT2D eigenvalue weighted by atomic mass is 16.3. The first-order valence-corrected chi connectivity index (χ1v) is 6.83. The van der Waals surface area contributed by atoms with Crippen LogP contribution in [0.3, 0.4) is 0 Å². The number of nitrogens with one attached hydrogen (secondary N) is 1. The Morgan fingerprint density at radius 3 is 2.76 bits per heavy atom. The number of amides is 2. The van der Waals surface area contributed by atoms with Crippen LogP contribution in [0.5, 0.6) is 0 Å². The van der Waals surface area contributed by atoms with Gasteiger partial charge in [0, 0.05) is 19.1 Å².